The van der Waals surface area contributed by atoms with Crippen LogP contribution < -0.4 is 21.3 Å². The smallest absolute Gasteiger partial charge is 0.324 e. The first-order chi connectivity index (χ1) is 19.6. The Morgan fingerprint density at radius 3 is 2.46 bits per heavy atom. The fourth-order valence-corrected chi connectivity index (χ4v) is 4.59. The van der Waals surface area contributed by atoms with Gasteiger partial charge < -0.3 is 25.4 Å². The summed E-state index contributed by atoms with van der Waals surface area (Å²) >= 11 is 0. The lowest BCUT2D eigenvalue weighted by Gasteiger charge is -2.36. The standard InChI is InChI=1S/C33H47N5O3/c1-8-29(40-20-18-38-19-21-41-30(23-38)24(2)26-14-10-9-11-15-26)28-17-13-12-16-27(28)25(3)36-32(39)37-31(34-7)22-35-33(4,5)6/h8-17,22,24,30,34-35H,3,18-21,23H2,1-2,4-7H3,(H2,36,37,39)/b29-8+,31-22+. The van der Waals surface area contributed by atoms with Crippen molar-refractivity contribution in [1.29, 1.82) is 0 Å². The van der Waals surface area contributed by atoms with Gasteiger partial charge in [0.1, 0.15) is 18.2 Å². The highest BCUT2D eigenvalue weighted by Gasteiger charge is 2.26. The highest BCUT2D eigenvalue weighted by molar-refractivity contribution is 5.88. The first-order valence-corrected chi connectivity index (χ1v) is 14.3. The van der Waals surface area contributed by atoms with E-state index in [9.17, 15) is 4.79 Å². The largest absolute Gasteiger partial charge is 0.492 e. The van der Waals surface area contributed by atoms with E-state index in [-0.39, 0.29) is 11.6 Å². The van der Waals surface area contributed by atoms with Crippen LogP contribution >= 0.6 is 0 Å². The summed E-state index contributed by atoms with van der Waals surface area (Å²) in [6, 6.07) is 17.9. The summed E-state index contributed by atoms with van der Waals surface area (Å²) < 4.78 is 12.4. The Morgan fingerprint density at radius 2 is 1.80 bits per heavy atom. The molecule has 2 aromatic carbocycles. The number of urea groups is 1. The predicted molar refractivity (Wildman–Crippen MR) is 168 cm³/mol. The molecule has 41 heavy (non-hydrogen) atoms. The molecule has 2 atom stereocenters. The van der Waals surface area contributed by atoms with E-state index in [1.165, 1.54) is 5.56 Å². The van der Waals surface area contributed by atoms with Crippen LogP contribution in [-0.4, -0.2) is 62.5 Å². The lowest BCUT2D eigenvalue weighted by molar-refractivity contribution is -0.0423. The predicted octanol–water partition coefficient (Wildman–Crippen LogP) is 5.24. The van der Waals surface area contributed by atoms with Gasteiger partial charge in [-0.2, -0.15) is 0 Å². The van der Waals surface area contributed by atoms with Crippen LogP contribution in [0.1, 0.15) is 57.2 Å². The monoisotopic (exact) mass is 561 g/mol. The van der Waals surface area contributed by atoms with Crippen LogP contribution in [0.15, 0.2) is 79.3 Å². The molecule has 0 bridgehead atoms. The van der Waals surface area contributed by atoms with E-state index in [0.29, 0.717) is 30.6 Å². The number of ether oxygens (including phenoxy) is 2. The maximum Gasteiger partial charge on any atom is 0.324 e. The van der Waals surface area contributed by atoms with Crippen molar-refractivity contribution in [2.24, 2.45) is 0 Å². The summed E-state index contributed by atoms with van der Waals surface area (Å²) in [5.74, 6) is 1.61. The van der Waals surface area contributed by atoms with Crippen molar-refractivity contribution in [3.8, 4) is 0 Å². The van der Waals surface area contributed by atoms with Gasteiger partial charge in [-0.25, -0.2) is 4.79 Å². The molecule has 2 amide bonds. The number of rotatable bonds is 12. The fourth-order valence-electron chi connectivity index (χ4n) is 4.59. The Labute approximate surface area is 245 Å². The molecule has 0 saturated carbocycles. The van der Waals surface area contributed by atoms with Gasteiger partial charge in [-0.15, -0.1) is 0 Å². The van der Waals surface area contributed by atoms with Crippen LogP contribution in [0.4, 0.5) is 4.79 Å². The van der Waals surface area contributed by atoms with Crippen LogP contribution in [0.2, 0.25) is 0 Å². The summed E-state index contributed by atoms with van der Waals surface area (Å²) in [6.45, 7) is 18.2. The molecule has 1 aliphatic heterocycles. The molecule has 2 aromatic rings. The molecule has 0 aromatic heterocycles. The number of amides is 2. The molecular weight excluding hydrogens is 514 g/mol. The van der Waals surface area contributed by atoms with Crippen LogP contribution in [0.5, 0.6) is 0 Å². The molecule has 3 rings (SSSR count). The van der Waals surface area contributed by atoms with Crippen LogP contribution in [0.25, 0.3) is 11.5 Å². The van der Waals surface area contributed by atoms with E-state index in [1.807, 2.05) is 64.1 Å². The molecule has 222 valence electrons. The second-order valence-corrected chi connectivity index (χ2v) is 11.2. The summed E-state index contributed by atoms with van der Waals surface area (Å²) in [5, 5.41) is 11.9. The van der Waals surface area contributed by atoms with Gasteiger partial charge in [0.05, 0.1) is 12.7 Å². The molecule has 2 unspecified atom stereocenters. The number of hydrogen-bond acceptors (Lipinski definition) is 6. The van der Waals surface area contributed by atoms with E-state index >= 15 is 0 Å². The van der Waals surface area contributed by atoms with E-state index in [1.54, 1.807) is 13.2 Å². The van der Waals surface area contributed by atoms with Crippen LogP contribution in [0.3, 0.4) is 0 Å². The highest BCUT2D eigenvalue weighted by Crippen LogP contribution is 2.26. The molecule has 1 saturated heterocycles. The Kier molecular flexibility index (Phi) is 11.9. The zero-order chi connectivity index (χ0) is 29.8. The second kappa shape index (κ2) is 15.3. The lowest BCUT2D eigenvalue weighted by atomic mass is 9.94. The van der Waals surface area contributed by atoms with Gasteiger partial charge in [0.2, 0.25) is 0 Å². The number of allylic oxidation sites excluding steroid dienone is 1. The van der Waals surface area contributed by atoms with Crippen molar-refractivity contribution in [1.82, 2.24) is 26.2 Å². The van der Waals surface area contributed by atoms with Crippen molar-refractivity contribution in [2.45, 2.75) is 52.2 Å². The van der Waals surface area contributed by atoms with E-state index in [4.69, 9.17) is 9.47 Å². The Hall–Kier alpha value is -3.75. The summed E-state index contributed by atoms with van der Waals surface area (Å²) in [7, 11) is 1.75. The van der Waals surface area contributed by atoms with Crippen molar-refractivity contribution >= 4 is 17.5 Å². The normalized spacial score (nSPS) is 17.4. The Balaban J connectivity index is 1.57. The zero-order valence-corrected chi connectivity index (χ0v) is 25.4. The van der Waals surface area contributed by atoms with Gasteiger partial charge >= 0.3 is 6.03 Å². The first kappa shape index (κ1) is 31.8. The summed E-state index contributed by atoms with van der Waals surface area (Å²) in [5.41, 5.74) is 3.31. The Morgan fingerprint density at radius 1 is 1.12 bits per heavy atom. The van der Waals surface area contributed by atoms with E-state index in [2.05, 4.69) is 63.9 Å². The van der Waals surface area contributed by atoms with Crippen molar-refractivity contribution < 1.29 is 14.3 Å². The molecule has 1 heterocycles. The highest BCUT2D eigenvalue weighted by atomic mass is 16.5. The first-order valence-electron chi connectivity index (χ1n) is 14.3. The molecule has 8 heteroatoms. The van der Waals surface area contributed by atoms with Gasteiger partial charge in [-0.1, -0.05) is 68.1 Å². The molecule has 8 nitrogen and oxygen atoms in total. The van der Waals surface area contributed by atoms with Gasteiger partial charge in [-0.3, -0.25) is 10.2 Å². The summed E-state index contributed by atoms with van der Waals surface area (Å²) in [4.78, 5) is 15.1. The minimum atomic E-state index is -0.393. The Bertz CT molecular complexity index is 1200. The van der Waals surface area contributed by atoms with Gasteiger partial charge in [0.15, 0.2) is 0 Å². The molecule has 0 radical (unpaired) electrons. The third kappa shape index (κ3) is 9.99. The zero-order valence-electron chi connectivity index (χ0n) is 25.4. The van der Waals surface area contributed by atoms with Gasteiger partial charge in [-0.05, 0) is 39.3 Å². The van der Waals surface area contributed by atoms with Gasteiger partial charge in [0, 0.05) is 61.2 Å². The maximum absolute atomic E-state index is 12.7. The minimum absolute atomic E-state index is 0.129. The van der Waals surface area contributed by atoms with E-state index in [0.717, 1.165) is 36.5 Å². The average Bonchev–Trinajstić information content (AvgIpc) is 2.97. The third-order valence-corrected chi connectivity index (χ3v) is 6.94. The molecule has 1 fully saturated rings. The van der Waals surface area contributed by atoms with Gasteiger partial charge in [0.25, 0.3) is 0 Å². The molecular formula is C33H47N5O3. The number of hydrogen-bond donors (Lipinski definition) is 4. The second-order valence-electron chi connectivity index (χ2n) is 11.2. The quantitative estimate of drug-likeness (QED) is 0.265. The molecule has 4 N–H and O–H groups in total. The number of carbonyl (C=O) groups excluding carboxylic acids is 1. The maximum atomic E-state index is 12.7. The number of benzene rings is 2. The minimum Gasteiger partial charge on any atom is -0.492 e. The number of nitrogens with one attached hydrogen (secondary N) is 4. The fraction of sp³-hybridized carbons (Fsp3) is 0.424. The average molecular weight is 562 g/mol. The molecule has 1 aliphatic rings. The lowest BCUT2D eigenvalue weighted by Crippen LogP contribution is -2.45. The summed E-state index contributed by atoms with van der Waals surface area (Å²) in [6.07, 6.45) is 3.84. The SMILES string of the molecule is C=C(NC(=O)N/C(=C/NC(C)(C)C)NC)c1ccccc1/C(=C\C)OCCN1CCOC(C(C)c2ccccc2)C1. The van der Waals surface area contributed by atoms with Crippen molar-refractivity contribution in [2.75, 3.05) is 39.9 Å². The number of morpholine rings is 1. The number of nitrogens with zero attached hydrogens (tertiary/aromatic N) is 1. The number of carbonyl (C=O) groups is 1. The molecule has 0 spiro atoms. The topological polar surface area (TPSA) is 86.9 Å². The van der Waals surface area contributed by atoms with Crippen LogP contribution in [-0.2, 0) is 9.47 Å². The van der Waals surface area contributed by atoms with Crippen LogP contribution in [0, 0.1) is 0 Å². The third-order valence-electron chi connectivity index (χ3n) is 6.94. The van der Waals surface area contributed by atoms with Crippen molar-refractivity contribution in [3.05, 3.63) is 96.0 Å². The van der Waals surface area contributed by atoms with Crippen molar-refractivity contribution in [3.63, 3.8) is 0 Å². The van der Waals surface area contributed by atoms with E-state index < -0.39 is 6.03 Å². The molecule has 0 aliphatic carbocycles.